The third-order valence-electron chi connectivity index (χ3n) is 19.3. The number of rotatable bonds is 67. The first-order valence-corrected chi connectivity index (χ1v) is 40.3. The summed E-state index contributed by atoms with van der Waals surface area (Å²) in [6.45, 7) is 2.71. The molecule has 2 rings (SSSR count). The molecule has 14 heteroatoms. The second kappa shape index (κ2) is 66.4. The molecule has 14 nitrogen and oxygen atoms in total. The van der Waals surface area contributed by atoms with E-state index >= 15 is 0 Å². The largest absolute Gasteiger partial charge is 0.394 e. The van der Waals surface area contributed by atoms with Gasteiger partial charge in [0.15, 0.2) is 12.6 Å². The summed E-state index contributed by atoms with van der Waals surface area (Å²) in [5.74, 6) is -0.248. The van der Waals surface area contributed by atoms with Gasteiger partial charge >= 0.3 is 0 Å². The number of aliphatic hydroxyl groups excluding tert-OH is 8. The van der Waals surface area contributed by atoms with Crippen LogP contribution in [0.4, 0.5) is 0 Å². The number of hydrogen-bond acceptors (Lipinski definition) is 13. The number of carbonyl (C=O) groups is 1. The summed E-state index contributed by atoms with van der Waals surface area (Å²) < 4.78 is 22.9. The van der Waals surface area contributed by atoms with Crippen LogP contribution < -0.4 is 5.32 Å². The average Bonchev–Trinajstić information content (AvgIpc) is 0.794. The minimum absolute atomic E-state index is 0.248. The first-order valence-electron chi connectivity index (χ1n) is 40.3. The first-order chi connectivity index (χ1) is 47.6. The lowest BCUT2D eigenvalue weighted by atomic mass is 9.97. The van der Waals surface area contributed by atoms with Crippen LogP contribution in [0.25, 0.3) is 0 Å². The molecule has 2 aliphatic heterocycles. The Morgan fingerprint density at radius 1 is 0.381 bits per heavy atom. The Morgan fingerprint density at radius 2 is 0.722 bits per heavy atom. The molecule has 9 N–H and O–H groups in total. The molecule has 97 heavy (non-hydrogen) atoms. The Bertz CT molecular complexity index is 1950. The average molecular weight is 1370 g/mol. The molecule has 12 atom stereocenters. The second-order valence-electron chi connectivity index (χ2n) is 28.1. The molecule has 0 aromatic heterocycles. The molecule has 0 bridgehead atoms. The topological polar surface area (TPSA) is 228 Å². The molecule has 0 spiro atoms. The van der Waals surface area contributed by atoms with Crippen LogP contribution in [-0.2, 0) is 23.7 Å². The molecular formula is C83H149NO13. The lowest BCUT2D eigenvalue weighted by Gasteiger charge is -2.46. The van der Waals surface area contributed by atoms with Crippen LogP contribution in [0.15, 0.2) is 85.1 Å². The monoisotopic (exact) mass is 1370 g/mol. The van der Waals surface area contributed by atoms with Gasteiger partial charge in [-0.05, 0) is 83.5 Å². The van der Waals surface area contributed by atoms with Crippen molar-refractivity contribution in [3.8, 4) is 0 Å². The van der Waals surface area contributed by atoms with Gasteiger partial charge in [0.25, 0.3) is 0 Å². The quantitative estimate of drug-likeness (QED) is 0.0204. The number of carbonyl (C=O) groups excluding carboxylic acids is 1. The zero-order valence-electron chi connectivity index (χ0n) is 61.8. The van der Waals surface area contributed by atoms with Crippen molar-refractivity contribution in [3.63, 3.8) is 0 Å². The SMILES string of the molecule is CC/C=C\C/C=C\C/C=C\C/C=C\CCCCCCCCCCCCCCCCCCCCCCCCCCC(=O)NC(COC1OC(CO)C(OC2OC(CO)C(O)C(O)C2O)C(O)C1O)C(O)/C=C/CC/C=C/CC/C=C/CCCCCCCCCCCCCCCCCC. The highest BCUT2D eigenvalue weighted by Gasteiger charge is 2.51. The Morgan fingerprint density at radius 3 is 1.13 bits per heavy atom. The first kappa shape index (κ1) is 90.3. The Kier molecular flexibility index (Phi) is 61.8. The van der Waals surface area contributed by atoms with Crippen LogP contribution in [0.2, 0.25) is 0 Å². The minimum atomic E-state index is -1.80. The lowest BCUT2D eigenvalue weighted by molar-refractivity contribution is -0.359. The lowest BCUT2D eigenvalue weighted by Crippen LogP contribution is -2.65. The molecule has 0 aromatic rings. The van der Waals surface area contributed by atoms with E-state index in [1.807, 2.05) is 6.08 Å². The van der Waals surface area contributed by atoms with Gasteiger partial charge < -0.3 is 65.1 Å². The van der Waals surface area contributed by atoms with Gasteiger partial charge in [-0.25, -0.2) is 0 Å². The van der Waals surface area contributed by atoms with Crippen molar-refractivity contribution in [2.75, 3.05) is 19.8 Å². The maximum absolute atomic E-state index is 13.4. The van der Waals surface area contributed by atoms with E-state index in [0.29, 0.717) is 12.8 Å². The standard InChI is InChI=1S/C83H149NO13/c1-3-5-7-9-11-13-15-17-19-21-23-25-27-29-31-32-33-34-35-36-37-38-39-40-41-43-45-47-49-51-53-55-57-59-61-63-65-67-75(88)84-71(70-94-82-80(93)78(91)81(74(69-86)96-82)97-83-79(92)77(90)76(89)73(68-85)95-83)72(87)66-64-62-60-58-56-54-52-50-48-46-44-42-30-28-26-24-22-20-18-16-14-12-10-8-6-4-2/h5,7,11,13,17,19,23,25,48,50,56,58,64,66,71-74,76-83,85-87,89-93H,3-4,6,8-10,12,14-16,18,20-22,24,26-47,49,51-55,57,59-63,65,67-70H2,1-2H3,(H,84,88)/b7-5-,13-11-,19-17-,25-23-,50-48+,58-56+,66-64+. The number of allylic oxidation sites excluding steroid dienone is 13. The van der Waals surface area contributed by atoms with Crippen molar-refractivity contribution >= 4 is 5.91 Å². The number of nitrogens with one attached hydrogen (secondary N) is 1. The van der Waals surface area contributed by atoms with Gasteiger partial charge in [0.2, 0.25) is 5.91 Å². The van der Waals surface area contributed by atoms with Crippen LogP contribution in [0.5, 0.6) is 0 Å². The maximum atomic E-state index is 13.4. The molecule has 0 radical (unpaired) electrons. The van der Waals surface area contributed by atoms with Crippen LogP contribution in [0.3, 0.4) is 0 Å². The zero-order valence-corrected chi connectivity index (χ0v) is 61.8. The van der Waals surface area contributed by atoms with Gasteiger partial charge in [0.1, 0.15) is 48.8 Å². The van der Waals surface area contributed by atoms with E-state index in [4.69, 9.17) is 18.9 Å². The molecule has 0 aromatic carbocycles. The highest BCUT2D eigenvalue weighted by Crippen LogP contribution is 2.30. The number of hydrogen-bond donors (Lipinski definition) is 9. The molecule has 12 unspecified atom stereocenters. The fourth-order valence-electron chi connectivity index (χ4n) is 13.0. The predicted octanol–water partition coefficient (Wildman–Crippen LogP) is 18.3. The van der Waals surface area contributed by atoms with Gasteiger partial charge in [-0.15, -0.1) is 0 Å². The zero-order chi connectivity index (χ0) is 70.1. The maximum Gasteiger partial charge on any atom is 0.220 e. The van der Waals surface area contributed by atoms with Crippen molar-refractivity contribution in [2.24, 2.45) is 0 Å². The van der Waals surface area contributed by atoms with Crippen LogP contribution in [-0.4, -0.2) is 140 Å². The molecule has 2 saturated heterocycles. The summed E-state index contributed by atoms with van der Waals surface area (Å²) in [5.41, 5.74) is 0. The molecule has 2 fully saturated rings. The molecule has 0 saturated carbocycles. The molecule has 1 amide bonds. The van der Waals surface area contributed by atoms with Crippen molar-refractivity contribution in [1.29, 1.82) is 0 Å². The number of unbranched alkanes of at least 4 members (excludes halogenated alkanes) is 42. The van der Waals surface area contributed by atoms with Crippen molar-refractivity contribution in [2.45, 2.75) is 415 Å². The summed E-state index contributed by atoms with van der Waals surface area (Å²) in [5, 5.41) is 87.6. The molecule has 0 aliphatic carbocycles. The summed E-state index contributed by atoms with van der Waals surface area (Å²) >= 11 is 0. The predicted molar refractivity (Wildman–Crippen MR) is 401 cm³/mol. The van der Waals surface area contributed by atoms with E-state index in [9.17, 15) is 45.6 Å². The van der Waals surface area contributed by atoms with Crippen LogP contribution in [0, 0.1) is 0 Å². The fourth-order valence-corrected chi connectivity index (χ4v) is 13.0. The minimum Gasteiger partial charge on any atom is -0.394 e. The van der Waals surface area contributed by atoms with Crippen LogP contribution >= 0.6 is 0 Å². The molecule has 2 aliphatic rings. The number of aliphatic hydroxyl groups is 8. The van der Waals surface area contributed by atoms with Crippen molar-refractivity contribution in [3.05, 3.63) is 85.1 Å². The van der Waals surface area contributed by atoms with E-state index in [1.54, 1.807) is 6.08 Å². The Hall–Kier alpha value is -2.83. The summed E-state index contributed by atoms with van der Waals surface area (Å²) in [6.07, 6.45) is 76.8. The van der Waals surface area contributed by atoms with E-state index in [2.05, 4.69) is 92.1 Å². The Balaban J connectivity index is 1.61. The third kappa shape index (κ3) is 49.4. The van der Waals surface area contributed by atoms with E-state index < -0.39 is 86.8 Å². The second-order valence-corrected chi connectivity index (χ2v) is 28.1. The molecule has 564 valence electrons. The van der Waals surface area contributed by atoms with Crippen molar-refractivity contribution < 1.29 is 64.6 Å². The van der Waals surface area contributed by atoms with Gasteiger partial charge in [-0.1, -0.05) is 336 Å². The Labute approximate surface area is 592 Å². The van der Waals surface area contributed by atoms with Gasteiger partial charge in [0.05, 0.1) is 32.0 Å². The molecule has 2 heterocycles. The highest BCUT2D eigenvalue weighted by atomic mass is 16.7. The number of amides is 1. The van der Waals surface area contributed by atoms with E-state index in [-0.39, 0.29) is 18.9 Å². The van der Waals surface area contributed by atoms with Crippen molar-refractivity contribution in [1.82, 2.24) is 5.32 Å². The third-order valence-corrected chi connectivity index (χ3v) is 19.3. The smallest absolute Gasteiger partial charge is 0.220 e. The summed E-state index contributed by atoms with van der Waals surface area (Å²) in [6, 6.07) is -0.942. The van der Waals surface area contributed by atoms with Gasteiger partial charge in [0, 0.05) is 6.42 Å². The number of ether oxygens (including phenoxy) is 4. The van der Waals surface area contributed by atoms with E-state index in [0.717, 1.165) is 70.6 Å². The summed E-state index contributed by atoms with van der Waals surface area (Å²) in [4.78, 5) is 13.4. The van der Waals surface area contributed by atoms with E-state index in [1.165, 1.54) is 238 Å². The normalized spacial score (nSPS) is 22.6. The van der Waals surface area contributed by atoms with Gasteiger partial charge in [-0.3, -0.25) is 4.79 Å². The fraction of sp³-hybridized carbons (Fsp3) is 0.819. The summed E-state index contributed by atoms with van der Waals surface area (Å²) in [7, 11) is 0. The highest BCUT2D eigenvalue weighted by molar-refractivity contribution is 5.76. The van der Waals surface area contributed by atoms with Gasteiger partial charge in [-0.2, -0.15) is 0 Å². The molecular weight excluding hydrogens is 1220 g/mol. The van der Waals surface area contributed by atoms with Crippen LogP contribution in [0.1, 0.15) is 341 Å².